The molecular weight excluding hydrogens is 286 g/mol. The van der Waals surface area contributed by atoms with Crippen molar-refractivity contribution in [2.75, 3.05) is 6.54 Å². The van der Waals surface area contributed by atoms with Crippen LogP contribution in [0.3, 0.4) is 0 Å². The molecule has 0 spiro atoms. The van der Waals surface area contributed by atoms with E-state index in [9.17, 15) is 8.42 Å². The summed E-state index contributed by atoms with van der Waals surface area (Å²) in [6.45, 7) is 0.128. The monoisotopic (exact) mass is 299 g/mol. The number of rotatable bonds is 5. The first kappa shape index (κ1) is 14.0. The average molecular weight is 300 g/mol. The Morgan fingerprint density at radius 3 is 2.63 bits per heavy atom. The Balaban J connectivity index is 2.03. The van der Waals surface area contributed by atoms with Gasteiger partial charge in [-0.05, 0) is 5.56 Å². The Morgan fingerprint density at radius 2 is 2.05 bits per heavy atom. The number of aromatic nitrogens is 2. The van der Waals surface area contributed by atoms with Crippen LogP contribution in [0.1, 0.15) is 10.9 Å². The summed E-state index contributed by atoms with van der Waals surface area (Å²) < 4.78 is 27.8. The number of alkyl halides is 1. The third-order valence-electron chi connectivity index (χ3n) is 2.61. The van der Waals surface area contributed by atoms with Crippen LogP contribution in [0, 0.1) is 0 Å². The van der Waals surface area contributed by atoms with E-state index in [-0.39, 0.29) is 11.4 Å². The van der Waals surface area contributed by atoms with Gasteiger partial charge in [-0.2, -0.15) is 5.10 Å². The summed E-state index contributed by atoms with van der Waals surface area (Å²) in [5, 5.41) is 3.42. The molecule has 0 fully saturated rings. The maximum Gasteiger partial charge on any atom is 0.243 e. The molecule has 0 aliphatic heterocycles. The smallest absolute Gasteiger partial charge is 0.243 e. The largest absolute Gasteiger partial charge is 0.274 e. The van der Waals surface area contributed by atoms with Gasteiger partial charge in [0.25, 0.3) is 0 Å². The van der Waals surface area contributed by atoms with Gasteiger partial charge in [0.2, 0.25) is 10.0 Å². The lowest BCUT2D eigenvalue weighted by atomic mass is 10.1. The van der Waals surface area contributed by atoms with Crippen LogP contribution in [0.4, 0.5) is 0 Å². The van der Waals surface area contributed by atoms with Crippen molar-refractivity contribution in [3.63, 3.8) is 0 Å². The van der Waals surface area contributed by atoms with Gasteiger partial charge < -0.3 is 0 Å². The second-order valence-electron chi connectivity index (χ2n) is 4.08. The first-order chi connectivity index (χ1) is 8.99. The lowest BCUT2D eigenvalue weighted by molar-refractivity contribution is 0.580. The molecule has 0 bridgehead atoms. The second kappa shape index (κ2) is 5.73. The number of halogens is 1. The Bertz CT molecular complexity index is 640. The highest BCUT2D eigenvalue weighted by Crippen LogP contribution is 2.19. The molecule has 0 saturated heterocycles. The Labute approximate surface area is 117 Å². The van der Waals surface area contributed by atoms with Crippen LogP contribution in [0.15, 0.2) is 47.6 Å². The molecule has 0 aliphatic rings. The lowest BCUT2D eigenvalue weighted by Gasteiger charge is -2.10. The van der Waals surface area contributed by atoms with Crippen molar-refractivity contribution in [1.29, 1.82) is 0 Å². The van der Waals surface area contributed by atoms with E-state index in [1.807, 2.05) is 30.3 Å². The molecule has 102 valence electrons. The van der Waals surface area contributed by atoms with Crippen LogP contribution in [0.25, 0.3) is 0 Å². The quantitative estimate of drug-likeness (QED) is 0.854. The number of hydrogen-bond acceptors (Lipinski definition) is 3. The zero-order chi connectivity index (χ0) is 13.9. The van der Waals surface area contributed by atoms with Crippen LogP contribution in [0.5, 0.6) is 0 Å². The van der Waals surface area contributed by atoms with E-state index in [4.69, 9.17) is 11.6 Å². The van der Waals surface area contributed by atoms with Crippen LogP contribution in [0.2, 0.25) is 0 Å². The highest BCUT2D eigenvalue weighted by atomic mass is 35.5. The van der Waals surface area contributed by atoms with Crippen LogP contribution in [-0.2, 0) is 17.1 Å². The van der Waals surface area contributed by atoms with Gasteiger partial charge in [-0.15, -0.1) is 11.6 Å². The van der Waals surface area contributed by atoms with Crippen molar-refractivity contribution in [3.8, 4) is 0 Å². The normalized spacial score (nSPS) is 13.4. The van der Waals surface area contributed by atoms with Crippen molar-refractivity contribution in [2.45, 2.75) is 10.3 Å². The van der Waals surface area contributed by atoms with Crippen LogP contribution < -0.4 is 4.72 Å². The molecule has 0 amide bonds. The molecule has 1 aromatic heterocycles. The lowest BCUT2D eigenvalue weighted by Crippen LogP contribution is -2.26. The molecule has 1 unspecified atom stereocenters. The minimum absolute atomic E-state index is 0.128. The van der Waals surface area contributed by atoms with Crippen molar-refractivity contribution < 1.29 is 8.42 Å². The molecule has 1 atom stereocenters. The van der Waals surface area contributed by atoms with Gasteiger partial charge in [0, 0.05) is 19.8 Å². The van der Waals surface area contributed by atoms with E-state index in [1.54, 1.807) is 7.05 Å². The summed E-state index contributed by atoms with van der Waals surface area (Å²) in [4.78, 5) is 0.131. The zero-order valence-electron chi connectivity index (χ0n) is 10.3. The third-order valence-corrected chi connectivity index (χ3v) is 4.39. The van der Waals surface area contributed by atoms with E-state index in [1.165, 1.54) is 17.1 Å². The molecule has 5 nitrogen and oxygen atoms in total. The standard InChI is InChI=1S/C12H14ClN3O2S/c1-16-9-11(7-14-16)19(17,18)15-8-12(13)10-5-3-2-4-6-10/h2-7,9,12,15H,8H2,1H3. The molecule has 1 N–H and O–H groups in total. The summed E-state index contributed by atoms with van der Waals surface area (Å²) in [6, 6.07) is 9.32. The maximum absolute atomic E-state index is 12.0. The van der Waals surface area contributed by atoms with E-state index >= 15 is 0 Å². The minimum Gasteiger partial charge on any atom is -0.274 e. The molecule has 0 saturated carbocycles. The fourth-order valence-electron chi connectivity index (χ4n) is 1.58. The van der Waals surface area contributed by atoms with Gasteiger partial charge >= 0.3 is 0 Å². The van der Waals surface area contributed by atoms with E-state index in [0.717, 1.165) is 5.56 Å². The van der Waals surface area contributed by atoms with Crippen molar-refractivity contribution in [1.82, 2.24) is 14.5 Å². The number of sulfonamides is 1. The Kier molecular flexibility index (Phi) is 4.24. The number of aryl methyl sites for hydroxylation is 1. The summed E-state index contributed by atoms with van der Waals surface area (Å²) in [5.41, 5.74) is 0.873. The Hall–Kier alpha value is -1.37. The van der Waals surface area contributed by atoms with E-state index in [0.29, 0.717) is 0 Å². The second-order valence-corrected chi connectivity index (χ2v) is 6.37. The van der Waals surface area contributed by atoms with Gasteiger partial charge in [0.1, 0.15) is 4.90 Å². The summed E-state index contributed by atoms with van der Waals surface area (Å²) in [7, 11) is -1.90. The number of hydrogen-bond donors (Lipinski definition) is 1. The number of benzene rings is 1. The van der Waals surface area contributed by atoms with Gasteiger partial charge in [-0.1, -0.05) is 30.3 Å². The molecule has 7 heteroatoms. The van der Waals surface area contributed by atoms with E-state index < -0.39 is 15.4 Å². The van der Waals surface area contributed by atoms with Crippen LogP contribution in [-0.4, -0.2) is 24.7 Å². The molecule has 2 aromatic rings. The maximum atomic E-state index is 12.0. The topological polar surface area (TPSA) is 64.0 Å². The molecule has 2 rings (SSSR count). The van der Waals surface area contributed by atoms with Gasteiger partial charge in [-0.3, -0.25) is 4.68 Å². The van der Waals surface area contributed by atoms with Gasteiger partial charge in [0.15, 0.2) is 0 Å². The SMILES string of the molecule is Cn1cc(S(=O)(=O)NCC(Cl)c2ccccc2)cn1. The molecule has 0 radical (unpaired) electrons. The highest BCUT2D eigenvalue weighted by molar-refractivity contribution is 7.89. The predicted molar refractivity (Wildman–Crippen MR) is 73.4 cm³/mol. The molecule has 19 heavy (non-hydrogen) atoms. The van der Waals surface area contributed by atoms with Gasteiger partial charge in [0.05, 0.1) is 11.6 Å². The predicted octanol–water partition coefficient (Wildman–Crippen LogP) is 1.68. The Morgan fingerprint density at radius 1 is 1.37 bits per heavy atom. The third kappa shape index (κ3) is 3.56. The molecular formula is C12H14ClN3O2S. The minimum atomic E-state index is -3.56. The first-order valence-corrected chi connectivity index (χ1v) is 7.58. The fourth-order valence-corrected chi connectivity index (χ4v) is 2.93. The fraction of sp³-hybridized carbons (Fsp3) is 0.250. The van der Waals surface area contributed by atoms with Crippen molar-refractivity contribution in [3.05, 3.63) is 48.3 Å². The summed E-state index contributed by atoms with van der Waals surface area (Å²) in [5.74, 6) is 0. The summed E-state index contributed by atoms with van der Waals surface area (Å²) in [6.07, 6.45) is 2.74. The first-order valence-electron chi connectivity index (χ1n) is 5.66. The highest BCUT2D eigenvalue weighted by Gasteiger charge is 2.18. The van der Waals surface area contributed by atoms with E-state index in [2.05, 4.69) is 9.82 Å². The average Bonchev–Trinajstić information content (AvgIpc) is 2.85. The number of nitrogens with one attached hydrogen (secondary N) is 1. The summed E-state index contributed by atoms with van der Waals surface area (Å²) >= 11 is 6.16. The zero-order valence-corrected chi connectivity index (χ0v) is 11.9. The van der Waals surface area contributed by atoms with Crippen molar-refractivity contribution >= 4 is 21.6 Å². The van der Waals surface area contributed by atoms with Crippen molar-refractivity contribution in [2.24, 2.45) is 7.05 Å². The molecule has 1 heterocycles. The number of nitrogens with zero attached hydrogens (tertiary/aromatic N) is 2. The van der Waals surface area contributed by atoms with Crippen LogP contribution >= 0.6 is 11.6 Å². The molecule has 0 aliphatic carbocycles. The molecule has 1 aromatic carbocycles. The van der Waals surface area contributed by atoms with Gasteiger partial charge in [-0.25, -0.2) is 13.1 Å².